The molecule has 2 aromatic rings. The fourth-order valence-corrected chi connectivity index (χ4v) is 4.19. The number of carboxylic acid groups (broad SMARTS) is 1. The van der Waals surface area contributed by atoms with Crippen molar-refractivity contribution in [1.29, 1.82) is 0 Å². The Morgan fingerprint density at radius 3 is 2.88 bits per heavy atom. The summed E-state index contributed by atoms with van der Waals surface area (Å²) in [6, 6.07) is 2.75. The number of aromatic amines is 1. The monoisotopic (exact) mass is 365 g/mol. The first-order valence-corrected chi connectivity index (χ1v) is 9.34. The number of thioether (sulfide) groups is 1. The highest BCUT2D eigenvalue weighted by atomic mass is 32.2. The van der Waals surface area contributed by atoms with Crippen LogP contribution in [0.4, 0.5) is 10.1 Å². The number of nitrogens with zero attached hydrogens (tertiary/aromatic N) is 1. The summed E-state index contributed by atoms with van der Waals surface area (Å²) in [6.07, 6.45) is 3.22. The quantitative estimate of drug-likeness (QED) is 0.750. The van der Waals surface area contributed by atoms with Gasteiger partial charge in [0, 0.05) is 30.6 Å². The average Bonchev–Trinajstić information content (AvgIpc) is 2.98. The van der Waals surface area contributed by atoms with Crippen molar-refractivity contribution < 1.29 is 14.3 Å². The third-order valence-corrected chi connectivity index (χ3v) is 5.62. The van der Waals surface area contributed by atoms with Gasteiger partial charge in [-0.1, -0.05) is 6.92 Å². The maximum atomic E-state index is 14.1. The van der Waals surface area contributed by atoms with E-state index in [1.807, 2.05) is 18.1 Å². The van der Waals surface area contributed by atoms with Gasteiger partial charge in [0.15, 0.2) is 0 Å². The number of carbonyl (C=O) groups is 1. The van der Waals surface area contributed by atoms with E-state index in [0.717, 1.165) is 19.2 Å². The standard InChI is InChI=1S/C17H20FN3O3S/c1-3-19-12-7-21(8-14(12)25-2)13-5-9(18)4-10-15(13)20-6-11(16(10)22)17(23)24/h4-6,12,14,19H,3,7-8H2,1-2H3,(H,20,22)(H,23,24)/t12-,14-/m1/s1. The number of carboxylic acids is 1. The third-order valence-electron chi connectivity index (χ3n) is 4.54. The van der Waals surface area contributed by atoms with Crippen LogP contribution in [0.3, 0.4) is 0 Å². The Labute approximate surface area is 148 Å². The minimum absolute atomic E-state index is 0.0579. The molecule has 0 spiro atoms. The predicted molar refractivity (Wildman–Crippen MR) is 98.5 cm³/mol. The highest BCUT2D eigenvalue weighted by Gasteiger charge is 2.33. The molecule has 6 nitrogen and oxygen atoms in total. The first-order chi connectivity index (χ1) is 12.0. The van der Waals surface area contributed by atoms with E-state index in [1.54, 1.807) is 11.8 Å². The van der Waals surface area contributed by atoms with Crippen LogP contribution < -0.4 is 15.6 Å². The third kappa shape index (κ3) is 3.23. The number of likely N-dealkylation sites (N-methyl/N-ethyl adjacent to an activating group) is 1. The maximum absolute atomic E-state index is 14.1. The molecule has 0 unspecified atom stereocenters. The molecule has 0 bridgehead atoms. The Hall–Kier alpha value is -2.06. The molecule has 1 aromatic carbocycles. The van der Waals surface area contributed by atoms with Crippen molar-refractivity contribution in [3.05, 3.63) is 39.9 Å². The Morgan fingerprint density at radius 2 is 2.24 bits per heavy atom. The number of hydrogen-bond donors (Lipinski definition) is 3. The molecule has 1 fully saturated rings. The van der Waals surface area contributed by atoms with Crippen LogP contribution in [-0.4, -0.2) is 53.2 Å². The lowest BCUT2D eigenvalue weighted by Crippen LogP contribution is -2.37. The molecule has 0 saturated carbocycles. The maximum Gasteiger partial charge on any atom is 0.341 e. The lowest BCUT2D eigenvalue weighted by molar-refractivity contribution is 0.0695. The summed E-state index contributed by atoms with van der Waals surface area (Å²) in [5.41, 5.74) is -0.0132. The minimum atomic E-state index is -1.33. The van der Waals surface area contributed by atoms with Crippen molar-refractivity contribution in [1.82, 2.24) is 10.3 Å². The van der Waals surface area contributed by atoms with Gasteiger partial charge in [-0.2, -0.15) is 11.8 Å². The van der Waals surface area contributed by atoms with Gasteiger partial charge in [-0.15, -0.1) is 0 Å². The second-order valence-electron chi connectivity index (χ2n) is 6.03. The number of aromatic carboxylic acids is 1. The number of hydrogen-bond acceptors (Lipinski definition) is 5. The summed E-state index contributed by atoms with van der Waals surface area (Å²) in [5, 5.41) is 12.9. The molecule has 0 amide bonds. The Kier molecular flexibility index (Phi) is 5.01. The lowest BCUT2D eigenvalue weighted by atomic mass is 10.1. The van der Waals surface area contributed by atoms with Crippen LogP contribution in [0.5, 0.6) is 0 Å². The van der Waals surface area contributed by atoms with Crippen LogP contribution in [0, 0.1) is 5.82 Å². The van der Waals surface area contributed by atoms with Crippen LogP contribution in [-0.2, 0) is 0 Å². The molecule has 1 aromatic heterocycles. The molecule has 134 valence electrons. The zero-order valence-corrected chi connectivity index (χ0v) is 14.8. The van der Waals surface area contributed by atoms with E-state index < -0.39 is 22.8 Å². The zero-order chi connectivity index (χ0) is 18.1. The molecule has 0 radical (unpaired) electrons. The van der Waals surface area contributed by atoms with Gasteiger partial charge in [-0.05, 0) is 24.9 Å². The van der Waals surface area contributed by atoms with Crippen molar-refractivity contribution >= 4 is 34.3 Å². The van der Waals surface area contributed by atoms with Crippen molar-refractivity contribution in [2.24, 2.45) is 0 Å². The van der Waals surface area contributed by atoms with Crippen LogP contribution in [0.2, 0.25) is 0 Å². The number of rotatable bonds is 5. The zero-order valence-electron chi connectivity index (χ0n) is 14.0. The molecule has 25 heavy (non-hydrogen) atoms. The first kappa shape index (κ1) is 17.8. The van der Waals surface area contributed by atoms with E-state index in [9.17, 15) is 14.0 Å². The van der Waals surface area contributed by atoms with Crippen molar-refractivity contribution in [2.75, 3.05) is 30.8 Å². The lowest BCUT2D eigenvalue weighted by Gasteiger charge is -2.20. The van der Waals surface area contributed by atoms with Crippen LogP contribution >= 0.6 is 11.8 Å². The number of fused-ring (bicyclic) bond motifs is 1. The van der Waals surface area contributed by atoms with Crippen LogP contribution in [0.25, 0.3) is 10.9 Å². The number of anilines is 1. The summed E-state index contributed by atoms with van der Waals surface area (Å²) in [6.45, 7) is 4.31. The molecule has 1 saturated heterocycles. The van der Waals surface area contributed by atoms with Crippen molar-refractivity contribution in [3.8, 4) is 0 Å². The van der Waals surface area contributed by atoms with Gasteiger partial charge >= 0.3 is 5.97 Å². The van der Waals surface area contributed by atoms with E-state index in [2.05, 4.69) is 10.3 Å². The highest BCUT2D eigenvalue weighted by Crippen LogP contribution is 2.31. The Balaban J connectivity index is 2.10. The number of H-pyrrole nitrogens is 1. The van der Waals surface area contributed by atoms with E-state index in [-0.39, 0.29) is 11.4 Å². The number of aromatic nitrogens is 1. The molecular formula is C17H20FN3O3S. The van der Waals surface area contributed by atoms with Gasteiger partial charge in [-0.25, -0.2) is 9.18 Å². The van der Waals surface area contributed by atoms with E-state index >= 15 is 0 Å². The SMILES string of the molecule is CCN[C@@H]1CN(c2cc(F)cc3c(=O)c(C(=O)O)c[nH]c23)C[C@H]1SC. The van der Waals surface area contributed by atoms with E-state index in [0.29, 0.717) is 23.0 Å². The molecule has 2 heterocycles. The van der Waals surface area contributed by atoms with Gasteiger partial charge in [-0.3, -0.25) is 4.79 Å². The van der Waals surface area contributed by atoms with Gasteiger partial charge in [0.1, 0.15) is 11.4 Å². The number of pyridine rings is 1. The molecule has 0 aliphatic carbocycles. The summed E-state index contributed by atoms with van der Waals surface area (Å²) < 4.78 is 14.1. The molecule has 8 heteroatoms. The molecule has 2 atom stereocenters. The summed E-state index contributed by atoms with van der Waals surface area (Å²) in [4.78, 5) is 28.4. The molecule has 1 aliphatic heterocycles. The number of halogens is 1. The Bertz CT molecular complexity index is 870. The number of nitrogens with one attached hydrogen (secondary N) is 2. The summed E-state index contributed by atoms with van der Waals surface area (Å²) in [7, 11) is 0. The Morgan fingerprint density at radius 1 is 1.48 bits per heavy atom. The summed E-state index contributed by atoms with van der Waals surface area (Å²) in [5.74, 6) is -1.88. The summed E-state index contributed by atoms with van der Waals surface area (Å²) >= 11 is 1.75. The van der Waals surface area contributed by atoms with Crippen LogP contribution in [0.15, 0.2) is 23.1 Å². The number of benzene rings is 1. The topological polar surface area (TPSA) is 85.4 Å². The van der Waals surface area contributed by atoms with Crippen molar-refractivity contribution in [3.63, 3.8) is 0 Å². The first-order valence-electron chi connectivity index (χ1n) is 8.05. The van der Waals surface area contributed by atoms with Crippen LogP contribution in [0.1, 0.15) is 17.3 Å². The van der Waals surface area contributed by atoms with E-state index in [1.165, 1.54) is 12.3 Å². The van der Waals surface area contributed by atoms with Crippen molar-refractivity contribution in [2.45, 2.75) is 18.2 Å². The average molecular weight is 365 g/mol. The van der Waals surface area contributed by atoms with Gasteiger partial charge < -0.3 is 20.3 Å². The normalized spacial score (nSPS) is 20.4. The molecule has 3 N–H and O–H groups in total. The van der Waals surface area contributed by atoms with E-state index in [4.69, 9.17) is 5.11 Å². The largest absolute Gasteiger partial charge is 0.477 e. The predicted octanol–water partition coefficient (Wildman–Crippen LogP) is 1.90. The second-order valence-corrected chi connectivity index (χ2v) is 7.10. The fourth-order valence-electron chi connectivity index (χ4n) is 3.35. The minimum Gasteiger partial charge on any atom is -0.477 e. The fraction of sp³-hybridized carbons (Fsp3) is 0.412. The van der Waals surface area contributed by atoms with Gasteiger partial charge in [0.25, 0.3) is 0 Å². The second kappa shape index (κ2) is 7.05. The molecular weight excluding hydrogens is 345 g/mol. The molecule has 1 aliphatic rings. The van der Waals surface area contributed by atoms with Gasteiger partial charge in [0.05, 0.1) is 16.6 Å². The van der Waals surface area contributed by atoms with Gasteiger partial charge in [0.2, 0.25) is 5.43 Å². The molecule has 3 rings (SSSR count). The highest BCUT2D eigenvalue weighted by molar-refractivity contribution is 7.99. The smallest absolute Gasteiger partial charge is 0.341 e.